The summed E-state index contributed by atoms with van der Waals surface area (Å²) in [5, 5.41) is 13.9. The molecule has 5 heteroatoms. The highest BCUT2D eigenvalue weighted by molar-refractivity contribution is 5.92. The summed E-state index contributed by atoms with van der Waals surface area (Å²) in [6.45, 7) is 2.74. The topological polar surface area (TPSA) is 82.0 Å². The van der Waals surface area contributed by atoms with Gasteiger partial charge in [-0.25, -0.2) is 0 Å². The fourth-order valence-electron chi connectivity index (χ4n) is 1.24. The molecule has 5 nitrogen and oxygen atoms in total. The molecule has 1 aromatic rings. The number of nitrogens with one attached hydrogen (secondary N) is 2. The molecule has 0 fully saturated rings. The molecule has 0 aromatic heterocycles. The Balaban J connectivity index is 3.06. The van der Waals surface area contributed by atoms with E-state index in [1.807, 2.05) is 6.07 Å². The number of nitriles is 1. The molecule has 0 spiro atoms. The van der Waals surface area contributed by atoms with Crippen molar-refractivity contribution in [1.29, 1.82) is 5.26 Å². The highest BCUT2D eigenvalue weighted by atomic mass is 16.2. The van der Waals surface area contributed by atoms with Gasteiger partial charge in [0.1, 0.15) is 0 Å². The Bertz CT molecular complexity index is 440. The number of amides is 2. The van der Waals surface area contributed by atoms with Gasteiger partial charge in [-0.3, -0.25) is 9.59 Å². The van der Waals surface area contributed by atoms with E-state index in [2.05, 4.69) is 10.6 Å². The smallest absolute Gasteiger partial charge is 0.221 e. The van der Waals surface area contributed by atoms with Gasteiger partial charge in [-0.15, -0.1) is 0 Å². The minimum atomic E-state index is -0.233. The largest absolute Gasteiger partial charge is 0.326 e. The molecule has 82 valence electrons. The molecule has 16 heavy (non-hydrogen) atoms. The third-order valence-electron chi connectivity index (χ3n) is 1.70. The summed E-state index contributed by atoms with van der Waals surface area (Å²) >= 11 is 0. The molecule has 0 saturated carbocycles. The number of hydrogen-bond acceptors (Lipinski definition) is 3. The number of carbonyl (C=O) groups is 2. The molecular formula is C11H11N3O2. The normalized spacial score (nSPS) is 9.06. The Morgan fingerprint density at radius 1 is 1.06 bits per heavy atom. The Morgan fingerprint density at radius 3 is 1.81 bits per heavy atom. The minimum absolute atomic E-state index is 0.233. The van der Waals surface area contributed by atoms with Crippen LogP contribution < -0.4 is 10.6 Å². The molecule has 0 heterocycles. The van der Waals surface area contributed by atoms with Gasteiger partial charge in [0, 0.05) is 25.2 Å². The van der Waals surface area contributed by atoms with Crippen molar-refractivity contribution in [2.75, 3.05) is 10.6 Å². The molecule has 1 aromatic carbocycles. The van der Waals surface area contributed by atoms with Crippen LogP contribution in [0.15, 0.2) is 18.2 Å². The van der Waals surface area contributed by atoms with Crippen LogP contribution in [0.25, 0.3) is 0 Å². The lowest BCUT2D eigenvalue weighted by Gasteiger charge is -2.07. The van der Waals surface area contributed by atoms with Crippen LogP contribution in [0.5, 0.6) is 0 Å². The van der Waals surface area contributed by atoms with Crippen molar-refractivity contribution in [3.63, 3.8) is 0 Å². The summed E-state index contributed by atoms with van der Waals surface area (Å²) in [7, 11) is 0. The SMILES string of the molecule is CC(=O)Nc1cc(C#N)cc(NC(C)=O)c1. The molecule has 0 aliphatic carbocycles. The van der Waals surface area contributed by atoms with Gasteiger partial charge in [-0.05, 0) is 18.2 Å². The van der Waals surface area contributed by atoms with E-state index in [1.54, 1.807) is 6.07 Å². The average molecular weight is 217 g/mol. The maximum atomic E-state index is 10.9. The van der Waals surface area contributed by atoms with Crippen LogP contribution in [-0.4, -0.2) is 11.8 Å². The van der Waals surface area contributed by atoms with Crippen LogP contribution in [0.1, 0.15) is 19.4 Å². The monoisotopic (exact) mass is 217 g/mol. The molecular weight excluding hydrogens is 206 g/mol. The Morgan fingerprint density at radius 2 is 1.50 bits per heavy atom. The number of carbonyl (C=O) groups excluding carboxylic acids is 2. The Labute approximate surface area is 93.1 Å². The van der Waals surface area contributed by atoms with Crippen LogP contribution >= 0.6 is 0 Å². The van der Waals surface area contributed by atoms with Crippen LogP contribution in [-0.2, 0) is 9.59 Å². The van der Waals surface area contributed by atoms with Crippen molar-refractivity contribution in [1.82, 2.24) is 0 Å². The lowest BCUT2D eigenvalue weighted by atomic mass is 10.2. The molecule has 0 unspecified atom stereocenters. The van der Waals surface area contributed by atoms with Crippen LogP contribution in [0.4, 0.5) is 11.4 Å². The number of rotatable bonds is 2. The predicted molar refractivity (Wildman–Crippen MR) is 59.8 cm³/mol. The van der Waals surface area contributed by atoms with Gasteiger partial charge < -0.3 is 10.6 Å². The Hall–Kier alpha value is -2.35. The lowest BCUT2D eigenvalue weighted by Crippen LogP contribution is -2.09. The van der Waals surface area contributed by atoms with E-state index >= 15 is 0 Å². The van der Waals surface area contributed by atoms with Gasteiger partial charge in [-0.1, -0.05) is 0 Å². The van der Waals surface area contributed by atoms with Crippen molar-refractivity contribution < 1.29 is 9.59 Å². The lowest BCUT2D eigenvalue weighted by molar-refractivity contribution is -0.115. The molecule has 2 N–H and O–H groups in total. The van der Waals surface area contributed by atoms with Crippen molar-refractivity contribution in [3.8, 4) is 6.07 Å². The van der Waals surface area contributed by atoms with Crippen molar-refractivity contribution in [2.24, 2.45) is 0 Å². The Kier molecular flexibility index (Phi) is 3.62. The standard InChI is InChI=1S/C11H11N3O2/c1-7(15)13-10-3-9(6-12)4-11(5-10)14-8(2)16/h3-5H,1-2H3,(H,13,15)(H,14,16). The number of nitrogens with zero attached hydrogens (tertiary/aromatic N) is 1. The van der Waals surface area contributed by atoms with Crippen molar-refractivity contribution in [2.45, 2.75) is 13.8 Å². The summed E-state index contributed by atoms with van der Waals surface area (Å²) in [5.41, 5.74) is 1.33. The molecule has 2 amide bonds. The molecule has 0 bridgehead atoms. The highest BCUT2D eigenvalue weighted by Gasteiger charge is 2.03. The molecule has 0 aliphatic rings. The van der Waals surface area contributed by atoms with E-state index in [9.17, 15) is 9.59 Å². The molecule has 1 rings (SSSR count). The first-order valence-corrected chi connectivity index (χ1v) is 4.61. The fourth-order valence-corrected chi connectivity index (χ4v) is 1.24. The first-order valence-electron chi connectivity index (χ1n) is 4.61. The quantitative estimate of drug-likeness (QED) is 0.787. The zero-order chi connectivity index (χ0) is 12.1. The zero-order valence-corrected chi connectivity index (χ0v) is 9.00. The van der Waals surface area contributed by atoms with Crippen molar-refractivity contribution >= 4 is 23.2 Å². The zero-order valence-electron chi connectivity index (χ0n) is 9.00. The minimum Gasteiger partial charge on any atom is -0.326 e. The van der Waals surface area contributed by atoms with Gasteiger partial charge >= 0.3 is 0 Å². The number of benzene rings is 1. The first kappa shape index (κ1) is 11.7. The van der Waals surface area contributed by atoms with Crippen LogP contribution in [0.2, 0.25) is 0 Å². The first-order chi connectivity index (χ1) is 7.51. The van der Waals surface area contributed by atoms with E-state index in [0.29, 0.717) is 16.9 Å². The fraction of sp³-hybridized carbons (Fsp3) is 0.182. The number of anilines is 2. The summed E-state index contributed by atoms with van der Waals surface area (Å²) in [6, 6.07) is 6.61. The average Bonchev–Trinajstić information content (AvgIpc) is 2.14. The van der Waals surface area contributed by atoms with E-state index in [1.165, 1.54) is 26.0 Å². The van der Waals surface area contributed by atoms with E-state index < -0.39 is 0 Å². The van der Waals surface area contributed by atoms with Crippen LogP contribution in [0.3, 0.4) is 0 Å². The van der Waals surface area contributed by atoms with E-state index in [4.69, 9.17) is 5.26 Å². The summed E-state index contributed by atoms with van der Waals surface area (Å²) in [4.78, 5) is 21.7. The van der Waals surface area contributed by atoms with E-state index in [-0.39, 0.29) is 11.8 Å². The second kappa shape index (κ2) is 4.94. The molecule has 0 radical (unpaired) electrons. The maximum absolute atomic E-state index is 10.9. The van der Waals surface area contributed by atoms with Crippen LogP contribution in [0, 0.1) is 11.3 Å². The van der Waals surface area contributed by atoms with Gasteiger partial charge in [0.2, 0.25) is 11.8 Å². The third-order valence-corrected chi connectivity index (χ3v) is 1.70. The van der Waals surface area contributed by atoms with Crippen molar-refractivity contribution in [3.05, 3.63) is 23.8 Å². The molecule has 0 saturated heterocycles. The van der Waals surface area contributed by atoms with Gasteiger partial charge in [-0.2, -0.15) is 5.26 Å². The summed E-state index contributed by atoms with van der Waals surface area (Å²) < 4.78 is 0. The molecule has 0 atom stereocenters. The third kappa shape index (κ3) is 3.42. The van der Waals surface area contributed by atoms with Gasteiger partial charge in [0.15, 0.2) is 0 Å². The van der Waals surface area contributed by atoms with Gasteiger partial charge in [0.05, 0.1) is 11.6 Å². The maximum Gasteiger partial charge on any atom is 0.221 e. The molecule has 0 aliphatic heterocycles. The summed E-state index contributed by atoms with van der Waals surface area (Å²) in [5.74, 6) is -0.465. The predicted octanol–water partition coefficient (Wildman–Crippen LogP) is 1.48. The highest BCUT2D eigenvalue weighted by Crippen LogP contribution is 2.18. The van der Waals surface area contributed by atoms with Gasteiger partial charge in [0.25, 0.3) is 0 Å². The van der Waals surface area contributed by atoms with E-state index in [0.717, 1.165) is 0 Å². The number of hydrogen-bond donors (Lipinski definition) is 2. The second-order valence-corrected chi connectivity index (χ2v) is 3.27. The second-order valence-electron chi connectivity index (χ2n) is 3.27. The summed E-state index contributed by atoms with van der Waals surface area (Å²) in [6.07, 6.45) is 0.